The molecule has 10 heteroatoms. The second-order valence-corrected chi connectivity index (χ2v) is 11.6. The van der Waals surface area contributed by atoms with E-state index in [-0.39, 0.29) is 43.7 Å². The van der Waals surface area contributed by atoms with Crippen LogP contribution in [0.15, 0.2) is 48.5 Å². The largest absolute Gasteiger partial charge is 0.492 e. The highest BCUT2D eigenvalue weighted by atomic mass is 35.5. The summed E-state index contributed by atoms with van der Waals surface area (Å²) in [6.07, 6.45) is 1.43. The Labute approximate surface area is 226 Å². The van der Waals surface area contributed by atoms with Gasteiger partial charge in [0.25, 0.3) is 0 Å². The molecule has 2 rings (SSSR count). The molecule has 0 bridgehead atoms. The second-order valence-electron chi connectivity index (χ2n) is 9.27. The highest BCUT2D eigenvalue weighted by Crippen LogP contribution is 2.30. The van der Waals surface area contributed by atoms with Crippen LogP contribution in [0, 0.1) is 5.92 Å². The molecule has 0 saturated carbocycles. The van der Waals surface area contributed by atoms with Crippen molar-refractivity contribution in [2.75, 3.05) is 30.3 Å². The Bertz CT molecular complexity index is 1160. The second kappa shape index (κ2) is 14.2. The number of nitrogens with zero attached hydrogens (tertiary/aromatic N) is 2. The lowest BCUT2D eigenvalue weighted by molar-refractivity contribution is -0.140. The van der Waals surface area contributed by atoms with E-state index in [1.165, 1.54) is 9.21 Å². The zero-order valence-corrected chi connectivity index (χ0v) is 23.8. The van der Waals surface area contributed by atoms with Crippen molar-refractivity contribution in [2.45, 2.75) is 53.1 Å². The summed E-state index contributed by atoms with van der Waals surface area (Å²) in [5.74, 6) is 0.208. The first-order chi connectivity index (χ1) is 17.5. The Morgan fingerprint density at radius 2 is 1.70 bits per heavy atom. The lowest BCUT2D eigenvalue weighted by atomic mass is 10.1. The fourth-order valence-corrected chi connectivity index (χ4v) is 4.93. The van der Waals surface area contributed by atoms with Crippen LogP contribution in [0.5, 0.6) is 5.75 Å². The maximum Gasteiger partial charge on any atom is 0.242 e. The maximum atomic E-state index is 13.4. The van der Waals surface area contributed by atoms with Crippen LogP contribution in [-0.4, -0.2) is 57.1 Å². The van der Waals surface area contributed by atoms with Gasteiger partial charge in [-0.1, -0.05) is 55.8 Å². The van der Waals surface area contributed by atoms with Crippen molar-refractivity contribution in [3.63, 3.8) is 0 Å². The van der Waals surface area contributed by atoms with Crippen LogP contribution in [0.25, 0.3) is 0 Å². The molecule has 1 atom stereocenters. The zero-order chi connectivity index (χ0) is 27.6. The molecule has 0 aliphatic heterocycles. The lowest BCUT2D eigenvalue weighted by Crippen LogP contribution is -2.48. The Balaban J connectivity index is 2.21. The fraction of sp³-hybridized carbons (Fsp3) is 0.481. The number of sulfonamides is 1. The van der Waals surface area contributed by atoms with Gasteiger partial charge in [0.1, 0.15) is 11.8 Å². The van der Waals surface area contributed by atoms with E-state index >= 15 is 0 Å². The number of anilines is 1. The molecule has 0 fully saturated rings. The third-order valence-corrected chi connectivity index (χ3v) is 7.28. The normalized spacial score (nSPS) is 12.2. The van der Waals surface area contributed by atoms with Gasteiger partial charge in [0, 0.05) is 31.1 Å². The minimum atomic E-state index is -3.63. The molecular formula is C27H38ClN3O5S. The van der Waals surface area contributed by atoms with Gasteiger partial charge >= 0.3 is 0 Å². The molecule has 1 N–H and O–H groups in total. The molecule has 0 saturated heterocycles. The Hall–Kier alpha value is -2.78. The van der Waals surface area contributed by atoms with Crippen molar-refractivity contribution in [3.05, 3.63) is 59.1 Å². The summed E-state index contributed by atoms with van der Waals surface area (Å²) in [5.41, 5.74) is 1.15. The van der Waals surface area contributed by atoms with Gasteiger partial charge in [-0.3, -0.25) is 13.9 Å². The van der Waals surface area contributed by atoms with Gasteiger partial charge in [0.15, 0.2) is 0 Å². The SMILES string of the molecule is CCOc1ccccc1N(CCCC(=O)N(Cc1ccccc1Cl)[C@@H](C)C(=O)NCC(C)C)S(C)(=O)=O. The first-order valence-electron chi connectivity index (χ1n) is 12.5. The lowest BCUT2D eigenvalue weighted by Gasteiger charge is -2.30. The van der Waals surface area contributed by atoms with Crippen LogP contribution in [0.2, 0.25) is 5.02 Å². The minimum absolute atomic E-state index is 0.0507. The number of hydrogen-bond donors (Lipinski definition) is 1. The first kappa shape index (κ1) is 30.4. The van der Waals surface area contributed by atoms with Gasteiger partial charge in [-0.15, -0.1) is 0 Å². The van der Waals surface area contributed by atoms with E-state index in [1.807, 2.05) is 32.9 Å². The predicted octanol–water partition coefficient (Wildman–Crippen LogP) is 4.47. The quantitative estimate of drug-likeness (QED) is 0.373. The van der Waals surface area contributed by atoms with Gasteiger partial charge in [0.2, 0.25) is 21.8 Å². The van der Waals surface area contributed by atoms with E-state index in [1.54, 1.807) is 43.3 Å². The summed E-state index contributed by atoms with van der Waals surface area (Å²) in [4.78, 5) is 27.7. The van der Waals surface area contributed by atoms with E-state index in [4.69, 9.17) is 16.3 Å². The number of halogens is 1. The number of carbonyl (C=O) groups is 2. The number of benzene rings is 2. The van der Waals surface area contributed by atoms with E-state index in [0.717, 1.165) is 11.8 Å². The number of carbonyl (C=O) groups excluding carboxylic acids is 2. The van der Waals surface area contributed by atoms with Crippen molar-refractivity contribution in [3.8, 4) is 5.75 Å². The number of amides is 2. The number of para-hydroxylation sites is 2. The van der Waals surface area contributed by atoms with Gasteiger partial charge in [-0.05, 0) is 49.9 Å². The summed E-state index contributed by atoms with van der Waals surface area (Å²) in [6, 6.07) is 13.4. The predicted molar refractivity (Wildman–Crippen MR) is 148 cm³/mol. The van der Waals surface area contributed by atoms with Crippen LogP contribution in [-0.2, 0) is 26.2 Å². The monoisotopic (exact) mass is 551 g/mol. The molecule has 0 aromatic heterocycles. The van der Waals surface area contributed by atoms with E-state index in [9.17, 15) is 18.0 Å². The van der Waals surface area contributed by atoms with Gasteiger partial charge < -0.3 is 15.0 Å². The zero-order valence-electron chi connectivity index (χ0n) is 22.2. The molecule has 0 unspecified atom stereocenters. The number of nitrogens with one attached hydrogen (secondary N) is 1. The van der Waals surface area contributed by atoms with Gasteiger partial charge in [0.05, 0.1) is 18.6 Å². The summed E-state index contributed by atoms with van der Waals surface area (Å²) in [6.45, 7) is 8.64. The molecule has 2 amide bonds. The minimum Gasteiger partial charge on any atom is -0.492 e. The summed E-state index contributed by atoms with van der Waals surface area (Å²) in [7, 11) is -3.63. The highest BCUT2D eigenvalue weighted by Gasteiger charge is 2.27. The van der Waals surface area contributed by atoms with Gasteiger partial charge in [-0.25, -0.2) is 8.42 Å². The number of hydrogen-bond acceptors (Lipinski definition) is 5. The Morgan fingerprint density at radius 3 is 2.32 bits per heavy atom. The average Bonchev–Trinajstić information content (AvgIpc) is 2.84. The number of ether oxygens (including phenoxy) is 1. The van der Waals surface area contributed by atoms with Crippen molar-refractivity contribution in [2.24, 2.45) is 5.92 Å². The first-order valence-corrected chi connectivity index (χ1v) is 14.7. The molecule has 0 spiro atoms. The molecule has 0 aliphatic carbocycles. The molecule has 8 nitrogen and oxygen atoms in total. The van der Waals surface area contributed by atoms with E-state index in [2.05, 4.69) is 5.32 Å². The molecule has 2 aromatic rings. The molecule has 0 radical (unpaired) electrons. The molecular weight excluding hydrogens is 514 g/mol. The standard InChI is InChI=1S/C27H38ClN3O5S/c1-6-36-25-15-10-9-14-24(25)31(37(5,34)35)17-11-16-26(32)30(19-22-12-7-8-13-23(22)28)21(4)27(33)29-18-20(2)3/h7-10,12-15,20-21H,6,11,16-19H2,1-5H3,(H,29,33)/t21-/m0/s1. The molecule has 0 aliphatic rings. The molecule has 0 heterocycles. The van der Waals surface area contributed by atoms with Crippen molar-refractivity contribution >= 4 is 39.1 Å². The summed E-state index contributed by atoms with van der Waals surface area (Å²) < 4.78 is 32.1. The van der Waals surface area contributed by atoms with Crippen LogP contribution in [0.3, 0.4) is 0 Å². The third-order valence-electron chi connectivity index (χ3n) is 5.74. The van der Waals surface area contributed by atoms with E-state index in [0.29, 0.717) is 29.6 Å². The van der Waals surface area contributed by atoms with Crippen LogP contribution >= 0.6 is 11.6 Å². The average molecular weight is 552 g/mol. The molecule has 204 valence electrons. The van der Waals surface area contributed by atoms with Crippen LogP contribution < -0.4 is 14.4 Å². The topological polar surface area (TPSA) is 96.0 Å². The van der Waals surface area contributed by atoms with E-state index < -0.39 is 16.1 Å². The van der Waals surface area contributed by atoms with Gasteiger partial charge in [-0.2, -0.15) is 0 Å². The number of rotatable bonds is 14. The fourth-order valence-electron chi connectivity index (χ4n) is 3.77. The third kappa shape index (κ3) is 9.23. The van der Waals surface area contributed by atoms with Crippen molar-refractivity contribution in [1.29, 1.82) is 0 Å². The smallest absolute Gasteiger partial charge is 0.242 e. The highest BCUT2D eigenvalue weighted by molar-refractivity contribution is 7.92. The molecule has 2 aromatic carbocycles. The maximum absolute atomic E-state index is 13.4. The summed E-state index contributed by atoms with van der Waals surface area (Å²) >= 11 is 6.34. The van der Waals surface area contributed by atoms with Crippen LogP contribution in [0.4, 0.5) is 5.69 Å². The van der Waals surface area contributed by atoms with Crippen molar-refractivity contribution in [1.82, 2.24) is 10.2 Å². The Morgan fingerprint density at radius 1 is 1.05 bits per heavy atom. The molecule has 37 heavy (non-hydrogen) atoms. The Kier molecular flexibility index (Phi) is 11.7. The van der Waals surface area contributed by atoms with Crippen LogP contribution in [0.1, 0.15) is 46.1 Å². The summed E-state index contributed by atoms with van der Waals surface area (Å²) in [5, 5.41) is 3.39. The van der Waals surface area contributed by atoms with Crippen molar-refractivity contribution < 1.29 is 22.7 Å².